The zero-order valence-electron chi connectivity index (χ0n) is 15.1. The van der Waals surface area contributed by atoms with E-state index in [1.165, 1.54) is 31.0 Å². The quantitative estimate of drug-likeness (QED) is 0.731. The molecule has 2 aromatic rings. The summed E-state index contributed by atoms with van der Waals surface area (Å²) in [7, 11) is 1.94. The van der Waals surface area contributed by atoms with Crippen LogP contribution < -0.4 is 0 Å². The summed E-state index contributed by atoms with van der Waals surface area (Å²) in [6.45, 7) is 4.72. The number of carbonyl (C=O) groups excluding carboxylic acids is 1. The Bertz CT molecular complexity index is 692. The van der Waals surface area contributed by atoms with Gasteiger partial charge in [0.15, 0.2) is 16.7 Å². The van der Waals surface area contributed by atoms with Crippen LogP contribution in [-0.2, 0) is 11.3 Å². The van der Waals surface area contributed by atoms with Crippen molar-refractivity contribution in [3.8, 4) is 11.6 Å². The maximum absolute atomic E-state index is 12.8. The monoisotopic (exact) mass is 362 g/mol. The molecule has 1 unspecified atom stereocenters. The van der Waals surface area contributed by atoms with Gasteiger partial charge >= 0.3 is 0 Å². The van der Waals surface area contributed by atoms with Gasteiger partial charge in [0, 0.05) is 19.6 Å². The smallest absolute Gasteiger partial charge is 0.235 e. The molecule has 136 valence electrons. The van der Waals surface area contributed by atoms with Gasteiger partial charge in [0.05, 0.1) is 11.5 Å². The fourth-order valence-corrected chi connectivity index (χ4v) is 4.41. The number of hydrogen-bond donors (Lipinski definition) is 0. The second-order valence-corrected chi connectivity index (χ2v) is 7.84. The molecule has 0 spiro atoms. The van der Waals surface area contributed by atoms with E-state index in [-0.39, 0.29) is 11.2 Å². The standard InChI is InChI=1S/C18H26N4O2S/c1-4-22-16(15-11-8-12-24-15)19-20-18(22)25-13(2)17(23)21(3)14-9-6-5-7-10-14/h8,11-14H,4-7,9-10H2,1-3H3. The number of thioether (sulfide) groups is 1. The van der Waals surface area contributed by atoms with Gasteiger partial charge in [-0.15, -0.1) is 10.2 Å². The molecule has 25 heavy (non-hydrogen) atoms. The van der Waals surface area contributed by atoms with Crippen molar-refractivity contribution in [2.45, 2.75) is 68.9 Å². The Labute approximate surface area is 153 Å². The van der Waals surface area contributed by atoms with Crippen molar-refractivity contribution in [3.05, 3.63) is 18.4 Å². The van der Waals surface area contributed by atoms with E-state index in [0.29, 0.717) is 17.6 Å². The van der Waals surface area contributed by atoms with Crippen LogP contribution in [0.25, 0.3) is 11.6 Å². The van der Waals surface area contributed by atoms with E-state index < -0.39 is 0 Å². The molecule has 0 aliphatic heterocycles. The molecule has 1 saturated carbocycles. The van der Waals surface area contributed by atoms with Crippen LogP contribution in [0.4, 0.5) is 0 Å². The SMILES string of the molecule is CCn1c(SC(C)C(=O)N(C)C2CCCCC2)nnc1-c1ccco1. The molecule has 2 aromatic heterocycles. The average molecular weight is 362 g/mol. The molecule has 7 heteroatoms. The first-order chi connectivity index (χ1) is 12.1. The zero-order valence-corrected chi connectivity index (χ0v) is 16.0. The lowest BCUT2D eigenvalue weighted by Gasteiger charge is -2.32. The Morgan fingerprint density at radius 3 is 2.80 bits per heavy atom. The number of rotatable bonds is 6. The highest BCUT2D eigenvalue weighted by Crippen LogP contribution is 2.29. The maximum Gasteiger partial charge on any atom is 0.235 e. The molecule has 1 aliphatic rings. The van der Waals surface area contributed by atoms with Crippen LogP contribution in [0.15, 0.2) is 28.0 Å². The first-order valence-corrected chi connectivity index (χ1v) is 9.90. The minimum absolute atomic E-state index is 0.169. The van der Waals surface area contributed by atoms with Gasteiger partial charge in [0.2, 0.25) is 5.91 Å². The van der Waals surface area contributed by atoms with Crippen LogP contribution in [0.1, 0.15) is 46.0 Å². The summed E-state index contributed by atoms with van der Waals surface area (Å²) < 4.78 is 7.43. The Morgan fingerprint density at radius 2 is 2.16 bits per heavy atom. The number of carbonyl (C=O) groups is 1. The van der Waals surface area contributed by atoms with Gasteiger partial charge in [-0.25, -0.2) is 0 Å². The van der Waals surface area contributed by atoms with E-state index in [4.69, 9.17) is 4.42 Å². The minimum atomic E-state index is -0.189. The molecule has 3 rings (SSSR count). The van der Waals surface area contributed by atoms with Crippen LogP contribution in [0.2, 0.25) is 0 Å². The van der Waals surface area contributed by atoms with E-state index in [2.05, 4.69) is 10.2 Å². The van der Waals surface area contributed by atoms with E-state index in [1.54, 1.807) is 6.26 Å². The van der Waals surface area contributed by atoms with Crippen LogP contribution in [0.3, 0.4) is 0 Å². The predicted molar refractivity (Wildman–Crippen MR) is 98.4 cm³/mol. The topological polar surface area (TPSA) is 64.2 Å². The first kappa shape index (κ1) is 18.0. The van der Waals surface area contributed by atoms with Crippen LogP contribution in [0, 0.1) is 0 Å². The van der Waals surface area contributed by atoms with Gasteiger partial charge in [-0.1, -0.05) is 31.0 Å². The van der Waals surface area contributed by atoms with Gasteiger partial charge in [-0.2, -0.15) is 0 Å². The highest BCUT2D eigenvalue weighted by molar-refractivity contribution is 8.00. The van der Waals surface area contributed by atoms with Gasteiger partial charge in [0.1, 0.15) is 0 Å². The third kappa shape index (κ3) is 3.92. The summed E-state index contributed by atoms with van der Waals surface area (Å²) in [4.78, 5) is 14.8. The molecule has 0 radical (unpaired) electrons. The average Bonchev–Trinajstić information content (AvgIpc) is 3.30. The molecule has 0 aromatic carbocycles. The number of aromatic nitrogens is 3. The third-order valence-electron chi connectivity index (χ3n) is 4.87. The molecule has 0 bridgehead atoms. The van der Waals surface area contributed by atoms with Crippen molar-refractivity contribution >= 4 is 17.7 Å². The van der Waals surface area contributed by atoms with Crippen molar-refractivity contribution in [2.24, 2.45) is 0 Å². The lowest BCUT2D eigenvalue weighted by molar-refractivity contribution is -0.131. The van der Waals surface area contributed by atoms with Crippen LogP contribution >= 0.6 is 11.8 Å². The van der Waals surface area contributed by atoms with Crippen molar-refractivity contribution < 1.29 is 9.21 Å². The molecule has 2 heterocycles. The second-order valence-electron chi connectivity index (χ2n) is 6.53. The molecule has 1 fully saturated rings. The summed E-state index contributed by atoms with van der Waals surface area (Å²) in [6.07, 6.45) is 7.60. The van der Waals surface area contributed by atoms with Crippen molar-refractivity contribution in [1.82, 2.24) is 19.7 Å². The first-order valence-electron chi connectivity index (χ1n) is 9.02. The summed E-state index contributed by atoms with van der Waals surface area (Å²) in [6, 6.07) is 4.09. The Balaban J connectivity index is 1.70. The van der Waals surface area contributed by atoms with Gasteiger partial charge in [-0.05, 0) is 38.8 Å². The van der Waals surface area contributed by atoms with Gasteiger partial charge < -0.3 is 9.32 Å². The fraction of sp³-hybridized carbons (Fsp3) is 0.611. The van der Waals surface area contributed by atoms with E-state index in [9.17, 15) is 4.79 Å². The Hall–Kier alpha value is -1.76. The predicted octanol–water partition coefficient (Wildman–Crippen LogP) is 3.83. The molecule has 6 nitrogen and oxygen atoms in total. The molecular weight excluding hydrogens is 336 g/mol. The third-order valence-corrected chi connectivity index (χ3v) is 5.94. The highest BCUT2D eigenvalue weighted by atomic mass is 32.2. The summed E-state index contributed by atoms with van der Waals surface area (Å²) in [5, 5.41) is 9.10. The Kier molecular flexibility index (Phi) is 5.83. The summed E-state index contributed by atoms with van der Waals surface area (Å²) in [5.41, 5.74) is 0. The van der Waals surface area contributed by atoms with Crippen LogP contribution in [-0.4, -0.2) is 43.9 Å². The number of hydrogen-bond acceptors (Lipinski definition) is 5. The number of nitrogens with zero attached hydrogens (tertiary/aromatic N) is 4. The number of amides is 1. The zero-order chi connectivity index (χ0) is 17.8. The highest BCUT2D eigenvalue weighted by Gasteiger charge is 2.27. The minimum Gasteiger partial charge on any atom is -0.461 e. The van der Waals surface area contributed by atoms with Gasteiger partial charge in [-0.3, -0.25) is 9.36 Å². The number of furan rings is 1. The molecule has 0 saturated heterocycles. The Morgan fingerprint density at radius 1 is 1.40 bits per heavy atom. The fourth-order valence-electron chi connectivity index (χ4n) is 3.39. The lowest BCUT2D eigenvalue weighted by Crippen LogP contribution is -2.42. The van der Waals surface area contributed by atoms with E-state index in [0.717, 1.165) is 24.5 Å². The van der Waals surface area contributed by atoms with Gasteiger partial charge in [0.25, 0.3) is 0 Å². The molecule has 1 atom stereocenters. The van der Waals surface area contributed by atoms with E-state index >= 15 is 0 Å². The molecule has 0 N–H and O–H groups in total. The lowest BCUT2D eigenvalue weighted by atomic mass is 9.94. The van der Waals surface area contributed by atoms with Crippen molar-refractivity contribution in [1.29, 1.82) is 0 Å². The second kappa shape index (κ2) is 8.08. The largest absolute Gasteiger partial charge is 0.461 e. The molecule has 1 aliphatic carbocycles. The summed E-state index contributed by atoms with van der Waals surface area (Å²) >= 11 is 1.47. The summed E-state index contributed by atoms with van der Waals surface area (Å²) in [5.74, 6) is 1.57. The normalized spacial score (nSPS) is 16.8. The molecule has 1 amide bonds. The van der Waals surface area contributed by atoms with Crippen LogP contribution in [0.5, 0.6) is 0 Å². The van der Waals surface area contributed by atoms with Crippen molar-refractivity contribution in [3.63, 3.8) is 0 Å². The maximum atomic E-state index is 12.8. The van der Waals surface area contributed by atoms with Crippen molar-refractivity contribution in [2.75, 3.05) is 7.05 Å². The van der Waals surface area contributed by atoms with E-state index in [1.807, 2.05) is 42.5 Å². The molecular formula is C18H26N4O2S.